The topological polar surface area (TPSA) is 60.8 Å². The standard InChI is InChI=1S/C17H14ClF2NO3/c18-15(22)14(7-9-5-10(19)8-11(20)6-9)21-16(23)12-3-1-2-4-13(12)17(21)24/h1-6,8,14,16-17,23-24H,7H2/t14-,16?,17?/m0/s1. The highest BCUT2D eigenvalue weighted by molar-refractivity contribution is 6.64. The molecule has 24 heavy (non-hydrogen) atoms. The van der Waals surface area contributed by atoms with Crippen molar-refractivity contribution in [3.63, 3.8) is 0 Å². The minimum atomic E-state index is -1.25. The first-order valence-electron chi connectivity index (χ1n) is 7.25. The Kier molecular flexibility index (Phi) is 4.64. The number of benzene rings is 2. The predicted molar refractivity (Wildman–Crippen MR) is 82.9 cm³/mol. The summed E-state index contributed by atoms with van der Waals surface area (Å²) in [5.74, 6) is -1.56. The van der Waals surface area contributed by atoms with Gasteiger partial charge in [0.05, 0.1) is 6.04 Å². The molecule has 2 N–H and O–H groups in total. The number of aliphatic hydroxyl groups is 2. The number of aliphatic hydroxyl groups excluding tert-OH is 2. The van der Waals surface area contributed by atoms with Gasteiger partial charge in [-0.3, -0.25) is 4.79 Å². The highest BCUT2D eigenvalue weighted by Crippen LogP contribution is 2.41. The van der Waals surface area contributed by atoms with Crippen LogP contribution < -0.4 is 0 Å². The molecule has 0 radical (unpaired) electrons. The van der Waals surface area contributed by atoms with Gasteiger partial charge in [-0.05, 0) is 35.7 Å². The third-order valence-corrected chi connectivity index (χ3v) is 4.34. The van der Waals surface area contributed by atoms with Gasteiger partial charge in [-0.25, -0.2) is 13.7 Å². The maximum absolute atomic E-state index is 13.4. The van der Waals surface area contributed by atoms with Crippen molar-refractivity contribution in [2.75, 3.05) is 0 Å². The van der Waals surface area contributed by atoms with Gasteiger partial charge < -0.3 is 10.2 Å². The second-order valence-corrected chi connectivity index (χ2v) is 6.00. The van der Waals surface area contributed by atoms with E-state index in [2.05, 4.69) is 0 Å². The van der Waals surface area contributed by atoms with Gasteiger partial charge in [-0.1, -0.05) is 24.3 Å². The summed E-state index contributed by atoms with van der Waals surface area (Å²) in [5.41, 5.74) is 1.11. The summed E-state index contributed by atoms with van der Waals surface area (Å²) in [5, 5.41) is 20.0. The van der Waals surface area contributed by atoms with Crippen molar-refractivity contribution in [3.8, 4) is 0 Å². The summed E-state index contributed by atoms with van der Waals surface area (Å²) in [4.78, 5) is 13.0. The molecule has 0 saturated carbocycles. The van der Waals surface area contributed by atoms with E-state index >= 15 is 0 Å². The van der Waals surface area contributed by atoms with Gasteiger partial charge in [0.2, 0.25) is 5.24 Å². The number of carbonyl (C=O) groups is 1. The number of hydrogen-bond acceptors (Lipinski definition) is 4. The van der Waals surface area contributed by atoms with Gasteiger partial charge in [-0.2, -0.15) is 0 Å². The minimum absolute atomic E-state index is 0.154. The van der Waals surface area contributed by atoms with Crippen molar-refractivity contribution in [2.24, 2.45) is 0 Å². The number of halogens is 3. The Hall–Kier alpha value is -1.86. The zero-order valence-electron chi connectivity index (χ0n) is 12.4. The summed E-state index contributed by atoms with van der Waals surface area (Å²) in [7, 11) is 0. The highest BCUT2D eigenvalue weighted by Gasteiger charge is 2.42. The molecule has 0 saturated heterocycles. The largest absolute Gasteiger partial charge is 0.374 e. The van der Waals surface area contributed by atoms with E-state index in [0.29, 0.717) is 11.1 Å². The van der Waals surface area contributed by atoms with Crippen molar-refractivity contribution in [3.05, 3.63) is 70.8 Å². The fourth-order valence-corrected chi connectivity index (χ4v) is 3.22. The van der Waals surface area contributed by atoms with Crippen LogP contribution in [0.3, 0.4) is 0 Å². The molecule has 0 spiro atoms. The first-order chi connectivity index (χ1) is 11.4. The Bertz CT molecular complexity index is 737. The second-order valence-electron chi connectivity index (χ2n) is 5.63. The van der Waals surface area contributed by atoms with Crippen LogP contribution in [0, 0.1) is 11.6 Å². The van der Waals surface area contributed by atoms with Crippen molar-refractivity contribution in [1.29, 1.82) is 0 Å². The number of hydrogen-bond donors (Lipinski definition) is 2. The molecule has 1 aliphatic heterocycles. The van der Waals surface area contributed by atoms with Crippen molar-refractivity contribution in [1.82, 2.24) is 4.90 Å². The molecule has 2 aromatic rings. The van der Waals surface area contributed by atoms with Crippen LogP contribution in [0.15, 0.2) is 42.5 Å². The van der Waals surface area contributed by atoms with Crippen LogP contribution in [-0.4, -0.2) is 26.4 Å². The Morgan fingerprint density at radius 3 is 2.04 bits per heavy atom. The van der Waals surface area contributed by atoms with E-state index in [1.165, 1.54) is 0 Å². The SMILES string of the molecule is O=C(Cl)[C@H](Cc1cc(F)cc(F)c1)N1C(O)c2ccccc2C1O. The van der Waals surface area contributed by atoms with Crippen LogP contribution in [0.25, 0.3) is 0 Å². The Morgan fingerprint density at radius 2 is 1.58 bits per heavy atom. The van der Waals surface area contributed by atoms with Gasteiger partial charge >= 0.3 is 0 Å². The lowest BCUT2D eigenvalue weighted by atomic mass is 10.0. The quantitative estimate of drug-likeness (QED) is 0.830. The number of rotatable bonds is 4. The maximum atomic E-state index is 13.4. The molecule has 2 unspecified atom stereocenters. The van der Waals surface area contributed by atoms with E-state index < -0.39 is 35.4 Å². The zero-order valence-corrected chi connectivity index (χ0v) is 13.1. The van der Waals surface area contributed by atoms with Gasteiger partial charge in [-0.15, -0.1) is 0 Å². The smallest absolute Gasteiger partial charge is 0.239 e. The molecule has 3 rings (SSSR count). The average Bonchev–Trinajstić information content (AvgIpc) is 2.76. The van der Waals surface area contributed by atoms with Gasteiger partial charge in [0.25, 0.3) is 0 Å². The molecule has 0 fully saturated rings. The van der Waals surface area contributed by atoms with Crippen LogP contribution in [0.4, 0.5) is 8.78 Å². The lowest BCUT2D eigenvalue weighted by Gasteiger charge is -2.30. The lowest BCUT2D eigenvalue weighted by molar-refractivity contribution is -0.137. The number of fused-ring (bicyclic) bond motifs is 1. The van der Waals surface area contributed by atoms with E-state index in [9.17, 15) is 23.8 Å². The number of nitrogens with zero attached hydrogens (tertiary/aromatic N) is 1. The Labute approximate surface area is 141 Å². The summed E-state index contributed by atoms with van der Waals surface area (Å²) < 4.78 is 26.7. The van der Waals surface area contributed by atoms with E-state index in [1.54, 1.807) is 24.3 Å². The summed E-state index contributed by atoms with van der Waals surface area (Å²) in [6.07, 6.45) is -2.65. The van der Waals surface area contributed by atoms with Crippen LogP contribution in [-0.2, 0) is 11.2 Å². The van der Waals surface area contributed by atoms with E-state index in [4.69, 9.17) is 11.6 Å². The molecular formula is C17H14ClF2NO3. The average molecular weight is 354 g/mol. The van der Waals surface area contributed by atoms with Crippen LogP contribution >= 0.6 is 11.6 Å². The molecule has 7 heteroatoms. The fraction of sp³-hybridized carbons (Fsp3) is 0.235. The van der Waals surface area contributed by atoms with E-state index in [0.717, 1.165) is 23.1 Å². The maximum Gasteiger partial charge on any atom is 0.239 e. The van der Waals surface area contributed by atoms with E-state index in [1.807, 2.05) is 0 Å². The summed E-state index contributed by atoms with van der Waals surface area (Å²) in [6.45, 7) is 0. The third-order valence-electron chi connectivity index (χ3n) is 4.09. The van der Waals surface area contributed by atoms with Crippen LogP contribution in [0.2, 0.25) is 0 Å². The van der Waals surface area contributed by atoms with Crippen molar-refractivity contribution < 1.29 is 23.8 Å². The molecule has 0 amide bonds. The van der Waals surface area contributed by atoms with Gasteiger partial charge in [0.15, 0.2) is 0 Å². The molecule has 4 nitrogen and oxygen atoms in total. The van der Waals surface area contributed by atoms with Crippen molar-refractivity contribution in [2.45, 2.75) is 24.9 Å². The normalized spacial score (nSPS) is 21.5. The molecule has 0 aromatic heterocycles. The first-order valence-corrected chi connectivity index (χ1v) is 7.63. The molecule has 2 aromatic carbocycles. The zero-order chi connectivity index (χ0) is 17.4. The Balaban J connectivity index is 1.93. The third kappa shape index (κ3) is 3.06. The van der Waals surface area contributed by atoms with Crippen LogP contribution in [0.1, 0.15) is 29.1 Å². The molecule has 1 heterocycles. The van der Waals surface area contributed by atoms with Gasteiger partial charge in [0, 0.05) is 17.2 Å². The van der Waals surface area contributed by atoms with Crippen molar-refractivity contribution >= 4 is 16.8 Å². The molecule has 126 valence electrons. The monoisotopic (exact) mass is 353 g/mol. The summed E-state index contributed by atoms with van der Waals surface area (Å²) in [6, 6.07) is 8.37. The summed E-state index contributed by atoms with van der Waals surface area (Å²) >= 11 is 5.64. The van der Waals surface area contributed by atoms with E-state index in [-0.39, 0.29) is 12.0 Å². The minimum Gasteiger partial charge on any atom is -0.374 e. The molecule has 0 aliphatic carbocycles. The van der Waals surface area contributed by atoms with Gasteiger partial charge in [0.1, 0.15) is 24.1 Å². The first kappa shape index (κ1) is 17.0. The van der Waals surface area contributed by atoms with Crippen LogP contribution in [0.5, 0.6) is 0 Å². The molecule has 3 atom stereocenters. The predicted octanol–water partition coefficient (Wildman–Crippen LogP) is 2.64. The lowest BCUT2D eigenvalue weighted by Crippen LogP contribution is -2.42. The fourth-order valence-electron chi connectivity index (χ4n) is 3.03. The molecule has 0 bridgehead atoms. The molecule has 1 aliphatic rings. The molecular weight excluding hydrogens is 340 g/mol. The Morgan fingerprint density at radius 1 is 1.08 bits per heavy atom. The number of carbonyl (C=O) groups excluding carboxylic acids is 1. The second kappa shape index (κ2) is 6.57. The highest BCUT2D eigenvalue weighted by atomic mass is 35.5.